The van der Waals surface area contributed by atoms with Crippen molar-refractivity contribution in [2.45, 2.75) is 4.90 Å². The first kappa shape index (κ1) is 16.5. The molecule has 2 heterocycles. The van der Waals surface area contributed by atoms with Crippen LogP contribution in [0, 0.1) is 0 Å². The Labute approximate surface area is 150 Å². The molecule has 2 aliphatic rings. The molecule has 26 heavy (non-hydrogen) atoms. The van der Waals surface area contributed by atoms with Gasteiger partial charge in [-0.3, -0.25) is 4.79 Å². The van der Waals surface area contributed by atoms with Crippen molar-refractivity contribution in [3.8, 4) is 11.5 Å². The minimum absolute atomic E-state index is 0.110. The first-order chi connectivity index (χ1) is 12.5. The molecule has 2 aliphatic heterocycles. The van der Waals surface area contributed by atoms with Crippen LogP contribution in [0.4, 0.5) is 5.69 Å². The Kier molecular flexibility index (Phi) is 3.84. The van der Waals surface area contributed by atoms with Gasteiger partial charge in [-0.05, 0) is 18.2 Å². The summed E-state index contributed by atoms with van der Waals surface area (Å²) >= 11 is 0. The summed E-state index contributed by atoms with van der Waals surface area (Å²) in [6, 6.07) is 11.7. The van der Waals surface area contributed by atoms with Gasteiger partial charge in [0.15, 0.2) is 16.4 Å². The van der Waals surface area contributed by atoms with Crippen LogP contribution in [-0.4, -0.2) is 34.6 Å². The number of fused-ring (bicyclic) bond motifs is 2. The quantitative estimate of drug-likeness (QED) is 0.853. The van der Waals surface area contributed by atoms with Gasteiger partial charge in [0, 0.05) is 24.4 Å². The monoisotopic (exact) mass is 372 g/mol. The third kappa shape index (κ3) is 2.50. The number of ether oxygens (including phenoxy) is 2. The Morgan fingerprint density at radius 1 is 1.04 bits per heavy atom. The second kappa shape index (κ2) is 6.06. The highest BCUT2D eigenvalue weighted by Gasteiger charge is 2.39. The summed E-state index contributed by atoms with van der Waals surface area (Å²) in [5.74, 6) is 0.528. The van der Waals surface area contributed by atoms with Gasteiger partial charge in [0.05, 0.1) is 10.6 Å². The zero-order valence-corrected chi connectivity index (χ0v) is 14.7. The van der Waals surface area contributed by atoms with E-state index in [-0.39, 0.29) is 15.5 Å². The van der Waals surface area contributed by atoms with Gasteiger partial charge in [0.2, 0.25) is 9.84 Å². The maximum absolute atomic E-state index is 12.8. The number of sulfone groups is 1. The zero-order valence-electron chi connectivity index (χ0n) is 13.9. The Morgan fingerprint density at radius 2 is 1.77 bits per heavy atom. The van der Waals surface area contributed by atoms with Gasteiger partial charge in [0.1, 0.15) is 13.2 Å². The van der Waals surface area contributed by atoms with Crippen molar-refractivity contribution >= 4 is 27.1 Å². The van der Waals surface area contributed by atoms with E-state index in [0.717, 1.165) is 0 Å². The molecular formula is C18H16N2O5S. The lowest BCUT2D eigenvalue weighted by Gasteiger charge is -2.19. The van der Waals surface area contributed by atoms with E-state index in [4.69, 9.17) is 9.47 Å². The molecule has 0 saturated heterocycles. The van der Waals surface area contributed by atoms with Crippen molar-refractivity contribution in [3.63, 3.8) is 0 Å². The molecule has 0 aliphatic carbocycles. The molecule has 8 heteroatoms. The van der Waals surface area contributed by atoms with E-state index >= 15 is 0 Å². The van der Waals surface area contributed by atoms with Crippen molar-refractivity contribution < 1.29 is 22.7 Å². The fraction of sp³-hybridized carbons (Fsp3) is 0.167. The molecular weight excluding hydrogens is 356 g/mol. The SMILES string of the molecule is CNC(=O)C1=C(Nc2ccc3c(c2)OCCO3)c2ccccc2S1(=O)=O. The van der Waals surface area contributed by atoms with Crippen molar-refractivity contribution in [2.24, 2.45) is 0 Å². The number of nitrogens with one attached hydrogen (secondary N) is 2. The Balaban J connectivity index is 1.83. The molecule has 0 radical (unpaired) electrons. The van der Waals surface area contributed by atoms with E-state index in [1.54, 1.807) is 36.4 Å². The van der Waals surface area contributed by atoms with Gasteiger partial charge >= 0.3 is 0 Å². The molecule has 0 atom stereocenters. The number of amides is 1. The Hall–Kier alpha value is -3.00. The first-order valence-corrected chi connectivity index (χ1v) is 9.48. The van der Waals surface area contributed by atoms with E-state index in [2.05, 4.69) is 10.6 Å². The second-order valence-electron chi connectivity index (χ2n) is 5.77. The maximum atomic E-state index is 12.8. The lowest BCUT2D eigenvalue weighted by molar-refractivity contribution is -0.116. The summed E-state index contributed by atoms with van der Waals surface area (Å²) in [5, 5.41) is 5.47. The molecule has 1 amide bonds. The molecule has 7 nitrogen and oxygen atoms in total. The van der Waals surface area contributed by atoms with Gasteiger partial charge in [-0.1, -0.05) is 18.2 Å². The van der Waals surface area contributed by atoms with Crippen LogP contribution in [0.1, 0.15) is 5.56 Å². The summed E-state index contributed by atoms with van der Waals surface area (Å²) < 4.78 is 36.7. The fourth-order valence-electron chi connectivity index (χ4n) is 3.01. The van der Waals surface area contributed by atoms with Crippen LogP contribution in [0.25, 0.3) is 5.70 Å². The molecule has 134 valence electrons. The molecule has 4 rings (SSSR count). The van der Waals surface area contributed by atoms with Gasteiger partial charge in [0.25, 0.3) is 5.91 Å². The zero-order chi connectivity index (χ0) is 18.3. The first-order valence-electron chi connectivity index (χ1n) is 8.00. The van der Waals surface area contributed by atoms with E-state index < -0.39 is 15.7 Å². The van der Waals surface area contributed by atoms with Gasteiger partial charge in [-0.25, -0.2) is 8.42 Å². The number of carbonyl (C=O) groups is 1. The predicted molar refractivity (Wildman–Crippen MR) is 95.7 cm³/mol. The second-order valence-corrected chi connectivity index (χ2v) is 7.62. The molecule has 0 aromatic heterocycles. The number of likely N-dealkylation sites (N-methyl/N-ethyl adjacent to an activating group) is 1. The minimum atomic E-state index is -3.90. The van der Waals surface area contributed by atoms with Crippen LogP contribution < -0.4 is 20.1 Å². The van der Waals surface area contributed by atoms with Gasteiger partial charge in [-0.15, -0.1) is 0 Å². The smallest absolute Gasteiger partial charge is 0.265 e. The molecule has 2 N–H and O–H groups in total. The molecule has 0 fully saturated rings. The minimum Gasteiger partial charge on any atom is -0.486 e. The van der Waals surface area contributed by atoms with Crippen LogP contribution in [0.5, 0.6) is 11.5 Å². The summed E-state index contributed by atoms with van der Waals surface area (Å²) in [6.07, 6.45) is 0. The van der Waals surface area contributed by atoms with E-state index in [9.17, 15) is 13.2 Å². The molecule has 2 aromatic rings. The standard InChI is InChI=1S/C18H16N2O5S/c1-19-18(21)17-16(12-4-2-3-5-15(12)26(17,22)23)20-11-6-7-13-14(10-11)25-9-8-24-13/h2-7,10,20H,8-9H2,1H3,(H,19,21). The number of hydrogen-bond acceptors (Lipinski definition) is 6. The topological polar surface area (TPSA) is 93.7 Å². The number of hydrogen-bond donors (Lipinski definition) is 2. The van der Waals surface area contributed by atoms with Crippen LogP contribution >= 0.6 is 0 Å². The normalized spacial score (nSPS) is 16.8. The Morgan fingerprint density at radius 3 is 2.54 bits per heavy atom. The number of rotatable bonds is 3. The Bertz CT molecular complexity index is 1040. The number of benzene rings is 2. The van der Waals surface area contributed by atoms with E-state index in [1.807, 2.05) is 0 Å². The summed E-state index contributed by atoms with van der Waals surface area (Å²) in [5.41, 5.74) is 1.30. The lowest BCUT2D eigenvalue weighted by atomic mass is 10.1. The lowest BCUT2D eigenvalue weighted by Crippen LogP contribution is -2.24. The average Bonchev–Trinajstić information content (AvgIpc) is 2.88. The van der Waals surface area contributed by atoms with Crippen LogP contribution in [-0.2, 0) is 14.6 Å². The highest BCUT2D eigenvalue weighted by Crippen LogP contribution is 2.41. The molecule has 0 unspecified atom stereocenters. The van der Waals surface area contributed by atoms with Crippen LogP contribution in [0.15, 0.2) is 52.3 Å². The summed E-state index contributed by atoms with van der Waals surface area (Å²) in [6.45, 7) is 0.928. The molecule has 0 saturated carbocycles. The highest BCUT2D eigenvalue weighted by molar-refractivity contribution is 7.97. The van der Waals surface area contributed by atoms with E-state index in [0.29, 0.717) is 36.0 Å². The third-order valence-corrected chi connectivity index (χ3v) is 6.05. The largest absolute Gasteiger partial charge is 0.486 e. The van der Waals surface area contributed by atoms with Crippen molar-refractivity contribution in [3.05, 3.63) is 52.9 Å². The maximum Gasteiger partial charge on any atom is 0.265 e. The third-order valence-electron chi connectivity index (χ3n) is 4.19. The summed E-state index contributed by atoms with van der Waals surface area (Å²) in [4.78, 5) is 12.1. The van der Waals surface area contributed by atoms with Crippen LogP contribution in [0.3, 0.4) is 0 Å². The predicted octanol–water partition coefficient (Wildman–Crippen LogP) is 1.77. The van der Waals surface area contributed by atoms with Gasteiger partial charge < -0.3 is 20.1 Å². The molecule has 0 bridgehead atoms. The highest BCUT2D eigenvalue weighted by atomic mass is 32.2. The molecule has 2 aromatic carbocycles. The fourth-order valence-corrected chi connectivity index (χ4v) is 4.73. The van der Waals surface area contributed by atoms with Crippen LogP contribution in [0.2, 0.25) is 0 Å². The van der Waals surface area contributed by atoms with Crippen molar-refractivity contribution in [1.29, 1.82) is 0 Å². The average molecular weight is 372 g/mol. The number of anilines is 1. The van der Waals surface area contributed by atoms with Crippen molar-refractivity contribution in [1.82, 2.24) is 5.32 Å². The number of carbonyl (C=O) groups excluding carboxylic acids is 1. The van der Waals surface area contributed by atoms with Crippen molar-refractivity contribution in [2.75, 3.05) is 25.6 Å². The van der Waals surface area contributed by atoms with E-state index in [1.165, 1.54) is 13.1 Å². The molecule has 0 spiro atoms. The van der Waals surface area contributed by atoms with Gasteiger partial charge in [-0.2, -0.15) is 0 Å². The summed E-state index contributed by atoms with van der Waals surface area (Å²) in [7, 11) is -2.50.